The zero-order valence-electron chi connectivity index (χ0n) is 20.2. The normalized spacial score (nSPS) is 18.7. The number of amides is 1. The molecule has 3 heterocycles. The Morgan fingerprint density at radius 2 is 1.84 bits per heavy atom. The lowest BCUT2D eigenvalue weighted by Gasteiger charge is -2.34. The van der Waals surface area contributed by atoms with Gasteiger partial charge in [-0.15, -0.1) is 0 Å². The van der Waals surface area contributed by atoms with Crippen molar-refractivity contribution in [3.05, 3.63) is 83.9 Å². The molecule has 0 spiro atoms. The molecular weight excluding hydrogens is 515 g/mol. The van der Waals surface area contributed by atoms with Crippen LogP contribution in [0.25, 0.3) is 10.2 Å². The van der Waals surface area contributed by atoms with Crippen molar-refractivity contribution in [1.29, 1.82) is 0 Å². The maximum absolute atomic E-state index is 13.8. The first-order chi connectivity index (χ1) is 17.7. The zero-order chi connectivity index (χ0) is 26.2. The molecule has 1 saturated heterocycles. The smallest absolute Gasteiger partial charge is 0.260 e. The molecule has 5 rings (SSSR count). The average Bonchev–Trinajstić information content (AvgIpc) is 3.30. The Morgan fingerprint density at radius 1 is 1.11 bits per heavy atom. The summed E-state index contributed by atoms with van der Waals surface area (Å²) in [6.07, 6.45) is 1.22. The van der Waals surface area contributed by atoms with Gasteiger partial charge in [0.15, 0.2) is 5.13 Å². The number of ether oxygens (including phenoxy) is 1. The molecule has 1 fully saturated rings. The van der Waals surface area contributed by atoms with E-state index in [1.54, 1.807) is 24.4 Å². The Kier molecular flexibility index (Phi) is 7.04. The van der Waals surface area contributed by atoms with Crippen LogP contribution in [0.4, 0.5) is 9.52 Å². The topological polar surface area (TPSA) is 92.7 Å². The molecule has 2 aromatic heterocycles. The number of halogens is 1. The number of carbonyl (C=O) groups excluding carboxylic acids is 1. The van der Waals surface area contributed by atoms with Gasteiger partial charge < -0.3 is 4.74 Å². The van der Waals surface area contributed by atoms with E-state index in [1.165, 1.54) is 56.9 Å². The highest BCUT2D eigenvalue weighted by atomic mass is 32.2. The van der Waals surface area contributed by atoms with Crippen molar-refractivity contribution in [3.8, 4) is 0 Å². The number of aromatic nitrogens is 2. The molecule has 11 heteroatoms. The highest BCUT2D eigenvalue weighted by Crippen LogP contribution is 2.31. The van der Waals surface area contributed by atoms with Crippen molar-refractivity contribution in [2.75, 3.05) is 18.0 Å². The zero-order valence-corrected chi connectivity index (χ0v) is 21.9. The maximum Gasteiger partial charge on any atom is 0.260 e. The minimum Gasteiger partial charge on any atom is -0.373 e. The third kappa shape index (κ3) is 5.40. The predicted molar refractivity (Wildman–Crippen MR) is 140 cm³/mol. The number of thiazole rings is 1. The Morgan fingerprint density at radius 3 is 2.51 bits per heavy atom. The number of nitrogens with zero attached hydrogens (tertiary/aromatic N) is 4. The van der Waals surface area contributed by atoms with Gasteiger partial charge in [0.1, 0.15) is 5.82 Å². The molecule has 37 heavy (non-hydrogen) atoms. The van der Waals surface area contributed by atoms with Crippen molar-refractivity contribution in [1.82, 2.24) is 14.3 Å². The molecule has 1 aliphatic heterocycles. The van der Waals surface area contributed by atoms with Crippen LogP contribution in [-0.2, 0) is 21.3 Å². The van der Waals surface area contributed by atoms with E-state index >= 15 is 0 Å². The summed E-state index contributed by atoms with van der Waals surface area (Å²) in [6, 6.07) is 15.6. The van der Waals surface area contributed by atoms with Crippen LogP contribution in [0.2, 0.25) is 0 Å². The van der Waals surface area contributed by atoms with Crippen LogP contribution < -0.4 is 4.90 Å². The predicted octanol–water partition coefficient (Wildman–Crippen LogP) is 4.48. The van der Waals surface area contributed by atoms with E-state index in [0.29, 0.717) is 26.6 Å². The maximum atomic E-state index is 13.8. The van der Waals surface area contributed by atoms with E-state index in [-0.39, 0.29) is 48.5 Å². The lowest BCUT2D eigenvalue weighted by atomic mass is 10.2. The number of benzene rings is 2. The van der Waals surface area contributed by atoms with Crippen molar-refractivity contribution in [3.63, 3.8) is 0 Å². The van der Waals surface area contributed by atoms with E-state index in [1.807, 2.05) is 19.9 Å². The van der Waals surface area contributed by atoms with Gasteiger partial charge in [-0.3, -0.25) is 14.7 Å². The van der Waals surface area contributed by atoms with Gasteiger partial charge in [0, 0.05) is 24.8 Å². The molecule has 0 bridgehead atoms. The Bertz CT molecular complexity index is 1520. The van der Waals surface area contributed by atoms with Crippen LogP contribution in [0.1, 0.15) is 29.9 Å². The van der Waals surface area contributed by atoms with E-state index < -0.39 is 10.0 Å². The molecule has 0 aliphatic carbocycles. The van der Waals surface area contributed by atoms with Crippen molar-refractivity contribution >= 4 is 42.6 Å². The van der Waals surface area contributed by atoms with Crippen LogP contribution in [-0.4, -0.2) is 53.9 Å². The first-order valence-electron chi connectivity index (χ1n) is 11.7. The number of sulfonamides is 1. The summed E-state index contributed by atoms with van der Waals surface area (Å²) in [5.74, 6) is -0.756. The first-order valence-corrected chi connectivity index (χ1v) is 14.0. The largest absolute Gasteiger partial charge is 0.373 e. The SMILES string of the molecule is CC1CN(S(=O)(=O)c2ccc(C(=O)N(Cc3ccccn3)c3nc4ccc(F)cc4s3)cc2)CC(C)O1. The van der Waals surface area contributed by atoms with Crippen LogP contribution in [0.5, 0.6) is 0 Å². The van der Waals surface area contributed by atoms with Gasteiger partial charge in [0.05, 0.1) is 39.6 Å². The number of fused-ring (bicyclic) bond motifs is 1. The molecule has 192 valence electrons. The lowest BCUT2D eigenvalue weighted by Crippen LogP contribution is -2.48. The van der Waals surface area contributed by atoms with Crippen molar-refractivity contribution in [2.45, 2.75) is 37.5 Å². The number of hydrogen-bond acceptors (Lipinski definition) is 7. The number of carbonyl (C=O) groups is 1. The Balaban J connectivity index is 1.45. The highest BCUT2D eigenvalue weighted by Gasteiger charge is 2.32. The van der Waals surface area contributed by atoms with Gasteiger partial charge in [-0.25, -0.2) is 17.8 Å². The minimum atomic E-state index is -3.74. The summed E-state index contributed by atoms with van der Waals surface area (Å²) < 4.78 is 47.9. The van der Waals surface area contributed by atoms with Gasteiger partial charge in [-0.2, -0.15) is 4.31 Å². The van der Waals surface area contributed by atoms with Crippen LogP contribution >= 0.6 is 11.3 Å². The number of morpholine rings is 1. The fourth-order valence-electron chi connectivity index (χ4n) is 4.28. The van der Waals surface area contributed by atoms with Crippen LogP contribution in [0.3, 0.4) is 0 Å². The highest BCUT2D eigenvalue weighted by molar-refractivity contribution is 7.89. The molecule has 2 aromatic carbocycles. The molecule has 1 amide bonds. The molecule has 0 N–H and O–H groups in total. The van der Waals surface area contributed by atoms with Gasteiger partial charge in [0.2, 0.25) is 10.0 Å². The molecule has 2 unspecified atom stereocenters. The molecule has 2 atom stereocenters. The molecule has 8 nitrogen and oxygen atoms in total. The minimum absolute atomic E-state index is 0.108. The van der Waals surface area contributed by atoms with Crippen LogP contribution in [0.15, 0.2) is 71.8 Å². The summed E-state index contributed by atoms with van der Waals surface area (Å²) in [5.41, 5.74) is 1.52. The summed E-state index contributed by atoms with van der Waals surface area (Å²) in [7, 11) is -3.74. The quantitative estimate of drug-likeness (QED) is 0.358. The average molecular weight is 541 g/mol. The van der Waals surface area contributed by atoms with E-state index in [4.69, 9.17) is 4.74 Å². The second-order valence-electron chi connectivity index (χ2n) is 8.92. The van der Waals surface area contributed by atoms with Gasteiger partial charge in [0.25, 0.3) is 5.91 Å². The lowest BCUT2D eigenvalue weighted by molar-refractivity contribution is -0.0440. The van der Waals surface area contributed by atoms with E-state index in [2.05, 4.69) is 9.97 Å². The number of anilines is 1. The Labute approximate surface area is 218 Å². The molecular formula is C26H25FN4O4S2. The fourth-order valence-corrected chi connectivity index (χ4v) is 6.86. The van der Waals surface area contributed by atoms with E-state index in [0.717, 1.165) is 0 Å². The fraction of sp³-hybridized carbons (Fsp3) is 0.269. The Hall–Kier alpha value is -3.25. The number of pyridine rings is 1. The second kappa shape index (κ2) is 10.3. The standard InChI is InChI=1S/C26H25FN4O4S2/c1-17-14-30(15-18(2)35-17)37(33,34)22-9-6-19(7-10-22)25(32)31(16-21-5-3-4-12-28-21)26-29-23-11-8-20(27)13-24(23)36-26/h3-13,17-18H,14-16H2,1-2H3. The van der Waals surface area contributed by atoms with Crippen LogP contribution in [0, 0.1) is 5.82 Å². The van der Waals surface area contributed by atoms with Crippen molar-refractivity contribution < 1.29 is 22.3 Å². The molecule has 1 aliphatic rings. The second-order valence-corrected chi connectivity index (χ2v) is 11.9. The summed E-state index contributed by atoms with van der Waals surface area (Å²) in [6.45, 7) is 4.36. The summed E-state index contributed by atoms with van der Waals surface area (Å²) in [4.78, 5) is 24.1. The molecule has 4 aromatic rings. The number of hydrogen-bond donors (Lipinski definition) is 0. The monoisotopic (exact) mass is 540 g/mol. The number of rotatable bonds is 6. The summed E-state index contributed by atoms with van der Waals surface area (Å²) >= 11 is 1.20. The first kappa shape index (κ1) is 25.4. The third-order valence-electron chi connectivity index (χ3n) is 5.99. The van der Waals surface area contributed by atoms with Gasteiger partial charge >= 0.3 is 0 Å². The molecule has 0 saturated carbocycles. The van der Waals surface area contributed by atoms with Gasteiger partial charge in [-0.1, -0.05) is 17.4 Å². The third-order valence-corrected chi connectivity index (χ3v) is 8.87. The molecule has 0 radical (unpaired) electrons. The summed E-state index contributed by atoms with van der Waals surface area (Å²) in [5, 5.41) is 0.393. The van der Waals surface area contributed by atoms with Crippen molar-refractivity contribution in [2.24, 2.45) is 0 Å². The van der Waals surface area contributed by atoms with E-state index in [9.17, 15) is 17.6 Å². The van der Waals surface area contributed by atoms with Gasteiger partial charge in [-0.05, 0) is 68.4 Å².